The van der Waals surface area contributed by atoms with Crippen molar-refractivity contribution in [2.24, 2.45) is 5.92 Å². The van der Waals surface area contributed by atoms with Crippen LogP contribution in [0.25, 0.3) is 0 Å². The van der Waals surface area contributed by atoms with Crippen molar-refractivity contribution in [1.82, 2.24) is 5.32 Å². The largest absolute Gasteiger partial charge is 0.380 e. The van der Waals surface area contributed by atoms with Crippen molar-refractivity contribution in [2.75, 3.05) is 26.3 Å². The predicted octanol–water partition coefficient (Wildman–Crippen LogP) is 3.61. The Kier molecular flexibility index (Phi) is 12.9. The lowest BCUT2D eigenvalue weighted by molar-refractivity contribution is 0.136. The molecule has 0 rings (SSSR count). The molecule has 2 nitrogen and oxygen atoms in total. The average Bonchev–Trinajstić information content (AvgIpc) is 2.25. The molecule has 0 saturated carbocycles. The molecule has 16 heavy (non-hydrogen) atoms. The first-order valence-electron chi connectivity index (χ1n) is 7.05. The average molecular weight is 229 g/mol. The summed E-state index contributed by atoms with van der Waals surface area (Å²) in [4.78, 5) is 0. The molecule has 0 radical (unpaired) electrons. The molecule has 0 aliphatic carbocycles. The Bertz CT molecular complexity index is 126. The number of rotatable bonds is 12. The molecule has 0 atom stereocenters. The van der Waals surface area contributed by atoms with Crippen LogP contribution in [0.2, 0.25) is 0 Å². The molecule has 0 aromatic rings. The third kappa shape index (κ3) is 13.9. The van der Waals surface area contributed by atoms with E-state index in [9.17, 15) is 0 Å². The van der Waals surface area contributed by atoms with E-state index in [1.54, 1.807) is 0 Å². The third-order valence-corrected chi connectivity index (χ3v) is 2.66. The highest BCUT2D eigenvalue weighted by Crippen LogP contribution is 2.08. The van der Waals surface area contributed by atoms with Crippen molar-refractivity contribution < 1.29 is 4.74 Å². The monoisotopic (exact) mass is 229 g/mol. The summed E-state index contributed by atoms with van der Waals surface area (Å²) in [7, 11) is 0. The van der Waals surface area contributed by atoms with Crippen LogP contribution >= 0.6 is 0 Å². The lowest BCUT2D eigenvalue weighted by atomic mass is 10.0. The molecule has 0 spiro atoms. The van der Waals surface area contributed by atoms with Crippen LogP contribution in [0.15, 0.2) is 0 Å². The molecule has 0 aromatic carbocycles. The molecule has 0 unspecified atom stereocenters. The summed E-state index contributed by atoms with van der Waals surface area (Å²) < 4.78 is 5.39. The van der Waals surface area contributed by atoms with E-state index >= 15 is 0 Å². The van der Waals surface area contributed by atoms with Crippen LogP contribution in [0.4, 0.5) is 0 Å². The summed E-state index contributed by atoms with van der Waals surface area (Å²) in [6.07, 6.45) is 7.99. The molecule has 0 bridgehead atoms. The number of nitrogens with one attached hydrogen (secondary N) is 1. The zero-order valence-corrected chi connectivity index (χ0v) is 11.6. The fourth-order valence-electron chi connectivity index (χ4n) is 1.67. The molecular weight excluding hydrogens is 198 g/mol. The Morgan fingerprint density at radius 1 is 0.938 bits per heavy atom. The molecule has 0 aromatic heterocycles. The van der Waals surface area contributed by atoms with E-state index in [-0.39, 0.29) is 0 Å². The smallest absolute Gasteiger partial charge is 0.0590 e. The van der Waals surface area contributed by atoms with Gasteiger partial charge in [0.2, 0.25) is 0 Å². The fraction of sp³-hybridized carbons (Fsp3) is 1.00. The molecule has 0 amide bonds. The minimum absolute atomic E-state index is 0.862. The van der Waals surface area contributed by atoms with Gasteiger partial charge in [-0.05, 0) is 25.3 Å². The first-order chi connectivity index (χ1) is 7.77. The quantitative estimate of drug-likeness (QED) is 0.516. The van der Waals surface area contributed by atoms with Gasteiger partial charge >= 0.3 is 0 Å². The van der Waals surface area contributed by atoms with E-state index in [4.69, 9.17) is 4.74 Å². The van der Waals surface area contributed by atoms with Crippen molar-refractivity contribution in [3.05, 3.63) is 0 Å². The Balaban J connectivity index is 2.88. The van der Waals surface area contributed by atoms with Crippen LogP contribution in [0, 0.1) is 5.92 Å². The molecule has 0 saturated heterocycles. The standard InChI is InChI=1S/C14H31NO/c1-4-12-16-13-11-15-10-8-6-5-7-9-14(2)3/h14-15H,4-13H2,1-3H3. The van der Waals surface area contributed by atoms with E-state index in [1.165, 1.54) is 32.1 Å². The van der Waals surface area contributed by atoms with Gasteiger partial charge in [0.05, 0.1) is 6.61 Å². The minimum atomic E-state index is 0.862. The van der Waals surface area contributed by atoms with Crippen molar-refractivity contribution >= 4 is 0 Å². The summed E-state index contributed by atoms with van der Waals surface area (Å²) in [5.41, 5.74) is 0. The summed E-state index contributed by atoms with van der Waals surface area (Å²) in [6.45, 7) is 10.7. The zero-order chi connectivity index (χ0) is 12.1. The SMILES string of the molecule is CCCOCCNCCCCCCC(C)C. The van der Waals surface area contributed by atoms with Gasteiger partial charge in [-0.2, -0.15) is 0 Å². The Morgan fingerprint density at radius 3 is 2.38 bits per heavy atom. The normalized spacial score (nSPS) is 11.2. The van der Waals surface area contributed by atoms with E-state index < -0.39 is 0 Å². The van der Waals surface area contributed by atoms with Crippen LogP contribution in [0.5, 0.6) is 0 Å². The second-order valence-electron chi connectivity index (χ2n) is 4.96. The minimum Gasteiger partial charge on any atom is -0.380 e. The predicted molar refractivity (Wildman–Crippen MR) is 71.9 cm³/mol. The van der Waals surface area contributed by atoms with E-state index in [0.717, 1.165) is 38.6 Å². The van der Waals surface area contributed by atoms with Gasteiger partial charge in [-0.15, -0.1) is 0 Å². The molecule has 1 N–H and O–H groups in total. The van der Waals surface area contributed by atoms with Crippen molar-refractivity contribution in [3.63, 3.8) is 0 Å². The second-order valence-corrected chi connectivity index (χ2v) is 4.96. The highest BCUT2D eigenvalue weighted by atomic mass is 16.5. The van der Waals surface area contributed by atoms with Gasteiger partial charge in [-0.1, -0.05) is 46.5 Å². The van der Waals surface area contributed by atoms with Crippen LogP contribution in [0.1, 0.15) is 59.3 Å². The lowest BCUT2D eigenvalue weighted by Gasteiger charge is -2.06. The maximum Gasteiger partial charge on any atom is 0.0590 e. The number of hydrogen-bond donors (Lipinski definition) is 1. The van der Waals surface area contributed by atoms with Gasteiger partial charge in [0, 0.05) is 13.2 Å². The number of ether oxygens (including phenoxy) is 1. The lowest BCUT2D eigenvalue weighted by Crippen LogP contribution is -2.21. The third-order valence-electron chi connectivity index (χ3n) is 2.66. The highest BCUT2D eigenvalue weighted by molar-refractivity contribution is 4.51. The van der Waals surface area contributed by atoms with Crippen molar-refractivity contribution in [3.8, 4) is 0 Å². The molecule has 2 heteroatoms. The Labute approximate surface area is 102 Å². The van der Waals surface area contributed by atoms with Crippen LogP contribution in [0.3, 0.4) is 0 Å². The summed E-state index contributed by atoms with van der Waals surface area (Å²) in [5.74, 6) is 0.869. The van der Waals surface area contributed by atoms with Gasteiger partial charge in [-0.3, -0.25) is 0 Å². The fourth-order valence-corrected chi connectivity index (χ4v) is 1.67. The Hall–Kier alpha value is -0.0800. The maximum atomic E-state index is 5.39. The van der Waals surface area contributed by atoms with Gasteiger partial charge in [0.25, 0.3) is 0 Å². The van der Waals surface area contributed by atoms with Crippen LogP contribution in [-0.4, -0.2) is 26.3 Å². The van der Waals surface area contributed by atoms with E-state index in [2.05, 4.69) is 26.1 Å². The first kappa shape index (κ1) is 15.9. The maximum absolute atomic E-state index is 5.39. The van der Waals surface area contributed by atoms with Gasteiger partial charge in [0.15, 0.2) is 0 Å². The van der Waals surface area contributed by atoms with Gasteiger partial charge < -0.3 is 10.1 Å². The summed E-state index contributed by atoms with van der Waals surface area (Å²) in [5, 5.41) is 3.42. The molecule has 0 aliphatic rings. The summed E-state index contributed by atoms with van der Waals surface area (Å²) >= 11 is 0. The Morgan fingerprint density at radius 2 is 1.69 bits per heavy atom. The van der Waals surface area contributed by atoms with Crippen molar-refractivity contribution in [2.45, 2.75) is 59.3 Å². The zero-order valence-electron chi connectivity index (χ0n) is 11.6. The highest BCUT2D eigenvalue weighted by Gasteiger charge is 1.94. The van der Waals surface area contributed by atoms with Gasteiger partial charge in [-0.25, -0.2) is 0 Å². The van der Waals surface area contributed by atoms with Crippen LogP contribution < -0.4 is 5.32 Å². The van der Waals surface area contributed by atoms with Gasteiger partial charge in [0.1, 0.15) is 0 Å². The number of unbranched alkanes of at least 4 members (excludes halogenated alkanes) is 3. The number of hydrogen-bond acceptors (Lipinski definition) is 2. The molecule has 0 heterocycles. The van der Waals surface area contributed by atoms with Crippen molar-refractivity contribution in [1.29, 1.82) is 0 Å². The molecular formula is C14H31NO. The first-order valence-corrected chi connectivity index (χ1v) is 7.05. The molecule has 0 aliphatic heterocycles. The van der Waals surface area contributed by atoms with Crippen LogP contribution in [-0.2, 0) is 4.74 Å². The topological polar surface area (TPSA) is 21.3 Å². The molecule has 98 valence electrons. The molecule has 0 fully saturated rings. The van der Waals surface area contributed by atoms with E-state index in [0.29, 0.717) is 0 Å². The van der Waals surface area contributed by atoms with E-state index in [1.807, 2.05) is 0 Å². The summed E-state index contributed by atoms with van der Waals surface area (Å²) in [6, 6.07) is 0. The second kappa shape index (κ2) is 13.0.